The van der Waals surface area contributed by atoms with Crippen LogP contribution in [0.2, 0.25) is 0 Å². The molecule has 0 saturated heterocycles. The minimum atomic E-state index is -1.16. The van der Waals surface area contributed by atoms with Gasteiger partial charge < -0.3 is 0 Å². The summed E-state index contributed by atoms with van der Waals surface area (Å²) in [6.45, 7) is 14.3. The van der Waals surface area contributed by atoms with Gasteiger partial charge in [-0.25, -0.2) is 0 Å². The first-order valence-electron chi connectivity index (χ1n) is 16.0. The summed E-state index contributed by atoms with van der Waals surface area (Å²) in [6, 6.07) is 0. The summed E-state index contributed by atoms with van der Waals surface area (Å²) in [7, 11) is 0. The van der Waals surface area contributed by atoms with Crippen LogP contribution in [0.15, 0.2) is 34.5 Å². The van der Waals surface area contributed by atoms with Crippen molar-refractivity contribution in [1.29, 1.82) is 0 Å². The number of allylic oxidation sites excluding steroid dienone is 8. The molecule has 2 rings (SSSR count). The van der Waals surface area contributed by atoms with Crippen LogP contribution in [0.25, 0.3) is 0 Å². The van der Waals surface area contributed by atoms with Gasteiger partial charge in [-0.15, -0.1) is 0 Å². The summed E-state index contributed by atoms with van der Waals surface area (Å²) in [6.07, 6.45) is 27.4. The van der Waals surface area contributed by atoms with Crippen molar-refractivity contribution in [3.05, 3.63) is 34.5 Å². The van der Waals surface area contributed by atoms with E-state index in [1.165, 1.54) is 128 Å². The molecule has 1 heteroatoms. The molecule has 0 amide bonds. The Kier molecular flexibility index (Phi) is 16.9. The van der Waals surface area contributed by atoms with E-state index in [0.717, 1.165) is 0 Å². The number of hydrogen-bond donors (Lipinski definition) is 0. The van der Waals surface area contributed by atoms with Crippen molar-refractivity contribution < 1.29 is 0 Å². The molecule has 0 aromatic rings. The molecule has 0 aromatic carbocycles. The molecule has 0 spiro atoms. The fourth-order valence-corrected chi connectivity index (χ4v) is 12.7. The molecule has 0 N–H and O–H groups in total. The van der Waals surface area contributed by atoms with Crippen molar-refractivity contribution in [3.63, 3.8) is 0 Å². The fourth-order valence-electron chi connectivity index (χ4n) is 6.38. The molecular formula is C34H58Sr. The molecule has 0 nitrogen and oxygen atoms in total. The van der Waals surface area contributed by atoms with E-state index < -0.39 is 41.0 Å². The third-order valence-corrected chi connectivity index (χ3v) is 13.9. The first kappa shape index (κ1) is 31.7. The Morgan fingerprint density at radius 1 is 0.400 bits per heavy atom. The Labute approximate surface area is 243 Å². The van der Waals surface area contributed by atoms with E-state index in [2.05, 4.69) is 41.5 Å². The predicted octanol–water partition coefficient (Wildman–Crippen LogP) is 11.7. The normalized spacial score (nSPS) is 16.4. The van der Waals surface area contributed by atoms with E-state index in [9.17, 15) is 0 Å². The summed E-state index contributed by atoms with van der Waals surface area (Å²) in [5.41, 5.74) is 11.4. The summed E-state index contributed by atoms with van der Waals surface area (Å²) in [5, 5.41) is 0. The van der Waals surface area contributed by atoms with Gasteiger partial charge in [0.05, 0.1) is 0 Å². The average molecular weight is 554 g/mol. The van der Waals surface area contributed by atoms with Crippen molar-refractivity contribution in [1.82, 2.24) is 0 Å². The van der Waals surface area contributed by atoms with Gasteiger partial charge in [0.1, 0.15) is 0 Å². The number of hydrogen-bond acceptors (Lipinski definition) is 0. The first-order valence-corrected chi connectivity index (χ1v) is 19.5. The fraction of sp³-hybridized carbons (Fsp3) is 0.765. The zero-order chi connectivity index (χ0) is 25.5. The van der Waals surface area contributed by atoms with Gasteiger partial charge in [-0.2, -0.15) is 0 Å². The monoisotopic (exact) mass is 554 g/mol. The molecule has 0 radical (unpaired) electrons. The predicted molar refractivity (Wildman–Crippen MR) is 160 cm³/mol. The molecule has 2 aliphatic rings. The summed E-state index contributed by atoms with van der Waals surface area (Å²) >= 11 is -1.16. The van der Waals surface area contributed by atoms with Crippen LogP contribution in [-0.2, 0) is 0 Å². The minimum absolute atomic E-state index is 1.16. The summed E-state index contributed by atoms with van der Waals surface area (Å²) < 4.78 is 4.10. The van der Waals surface area contributed by atoms with Crippen molar-refractivity contribution in [2.24, 2.45) is 0 Å². The molecule has 0 aliphatic heterocycles. The van der Waals surface area contributed by atoms with Crippen LogP contribution in [0.5, 0.6) is 0 Å². The molecule has 0 atom stereocenters. The van der Waals surface area contributed by atoms with Gasteiger partial charge in [-0.05, 0) is 0 Å². The maximum atomic E-state index is 2.39. The van der Waals surface area contributed by atoms with E-state index >= 15 is 0 Å². The molecular weight excluding hydrogens is 496 g/mol. The van der Waals surface area contributed by atoms with Gasteiger partial charge in [0.2, 0.25) is 0 Å². The van der Waals surface area contributed by atoms with E-state index in [1.54, 1.807) is 0 Å². The second kappa shape index (κ2) is 18.7. The van der Waals surface area contributed by atoms with Crippen LogP contribution in [0.4, 0.5) is 0 Å². The molecule has 0 fully saturated rings. The van der Waals surface area contributed by atoms with Crippen LogP contribution in [0, 0.1) is 0 Å². The maximum absolute atomic E-state index is 2.39. The van der Waals surface area contributed by atoms with Crippen LogP contribution in [-0.4, -0.2) is 41.0 Å². The van der Waals surface area contributed by atoms with Crippen LogP contribution in [0.1, 0.15) is 170 Å². The van der Waals surface area contributed by atoms with Crippen molar-refractivity contribution in [3.8, 4) is 0 Å². The van der Waals surface area contributed by atoms with E-state index in [-0.39, 0.29) is 0 Å². The quantitative estimate of drug-likeness (QED) is 0.131. The van der Waals surface area contributed by atoms with E-state index in [1.807, 2.05) is 34.5 Å². The molecule has 2 aliphatic carbocycles. The second-order valence-electron chi connectivity index (χ2n) is 11.5. The second-order valence-corrected chi connectivity index (χ2v) is 16.5. The van der Waals surface area contributed by atoms with E-state index in [4.69, 9.17) is 0 Å². The van der Waals surface area contributed by atoms with Crippen molar-refractivity contribution in [2.75, 3.05) is 0 Å². The third kappa shape index (κ3) is 9.92. The Morgan fingerprint density at radius 3 is 1.00 bits per heavy atom. The van der Waals surface area contributed by atoms with Crippen LogP contribution < -0.4 is 0 Å². The zero-order valence-corrected chi connectivity index (χ0v) is 28.3. The Balaban J connectivity index is 2.39. The standard InChI is InChI=1S/2C17H29.Sr/c2*1-4-7-10-15-13-14-16(11-8-5-2)17(15)12-9-6-3;/h2*4-13H2,1-3H3;. The summed E-state index contributed by atoms with van der Waals surface area (Å²) in [4.78, 5) is 0. The molecule has 0 saturated carbocycles. The first-order chi connectivity index (χ1) is 17.1. The van der Waals surface area contributed by atoms with Crippen LogP contribution in [0.3, 0.4) is 0 Å². The van der Waals surface area contributed by atoms with Gasteiger partial charge in [0.15, 0.2) is 0 Å². The molecule has 0 heterocycles. The number of rotatable bonds is 20. The zero-order valence-electron chi connectivity index (χ0n) is 24.8. The topological polar surface area (TPSA) is 0 Å². The summed E-state index contributed by atoms with van der Waals surface area (Å²) in [5.74, 6) is 0. The van der Waals surface area contributed by atoms with E-state index in [0.29, 0.717) is 0 Å². The van der Waals surface area contributed by atoms with Gasteiger partial charge in [-0.1, -0.05) is 0 Å². The molecule has 0 unspecified atom stereocenters. The Bertz CT molecular complexity index is 693. The molecule has 0 bridgehead atoms. The Hall–Kier alpha value is 0.441. The Morgan fingerprint density at radius 2 is 0.686 bits per heavy atom. The molecule has 0 aromatic heterocycles. The van der Waals surface area contributed by atoms with Gasteiger partial charge in [0, 0.05) is 0 Å². The van der Waals surface area contributed by atoms with Crippen molar-refractivity contribution >= 4 is 41.0 Å². The van der Waals surface area contributed by atoms with Gasteiger partial charge >= 0.3 is 246 Å². The average Bonchev–Trinajstić information content (AvgIpc) is 3.37. The molecule has 196 valence electrons. The molecule has 35 heavy (non-hydrogen) atoms. The van der Waals surface area contributed by atoms with Gasteiger partial charge in [0.25, 0.3) is 0 Å². The van der Waals surface area contributed by atoms with Crippen molar-refractivity contribution in [2.45, 2.75) is 170 Å². The van der Waals surface area contributed by atoms with Gasteiger partial charge in [-0.3, -0.25) is 0 Å². The number of unbranched alkanes of at least 4 members (excludes halogenated alkanes) is 6. The SMILES string of the molecule is CCCCC1=C(CCCC)C(CCCC)=[C]([Sr][C]2=C(CCCC)C(CCCC)=C(CCCC)C2)C1. The van der Waals surface area contributed by atoms with Crippen LogP contribution >= 0.6 is 0 Å². The third-order valence-electron chi connectivity index (χ3n) is 8.50.